The third kappa shape index (κ3) is 5.58. The summed E-state index contributed by atoms with van der Waals surface area (Å²) in [6, 6.07) is 18.8. The van der Waals surface area contributed by atoms with Crippen molar-refractivity contribution in [3.05, 3.63) is 54.6 Å². The summed E-state index contributed by atoms with van der Waals surface area (Å²) in [7, 11) is 1.66. The quantitative estimate of drug-likeness (QED) is 0.746. The maximum Gasteiger partial charge on any atom is 0.170 e. The summed E-state index contributed by atoms with van der Waals surface area (Å²) in [5, 5.41) is 7.19. The number of nitrogens with zero attached hydrogens (tertiary/aromatic N) is 2. The van der Waals surface area contributed by atoms with Crippen LogP contribution in [0.2, 0.25) is 0 Å². The molecule has 0 bridgehead atoms. The molecule has 0 aromatic heterocycles. The van der Waals surface area contributed by atoms with Crippen LogP contribution in [0.3, 0.4) is 0 Å². The first-order chi connectivity index (χ1) is 13.2. The number of anilines is 2. The Morgan fingerprint density at radius 2 is 1.81 bits per heavy atom. The topological polar surface area (TPSA) is 39.8 Å². The van der Waals surface area contributed by atoms with Crippen molar-refractivity contribution >= 4 is 28.7 Å². The van der Waals surface area contributed by atoms with Crippen LogP contribution in [0, 0.1) is 0 Å². The van der Waals surface area contributed by atoms with Crippen LogP contribution in [-0.4, -0.2) is 55.9 Å². The highest BCUT2D eigenvalue weighted by molar-refractivity contribution is 7.80. The van der Waals surface area contributed by atoms with Gasteiger partial charge in [-0.3, -0.25) is 4.90 Å². The third-order valence-corrected chi connectivity index (χ3v) is 5.19. The first-order valence-corrected chi connectivity index (χ1v) is 9.79. The summed E-state index contributed by atoms with van der Waals surface area (Å²) >= 11 is 5.43. The van der Waals surface area contributed by atoms with Crippen molar-refractivity contribution in [1.82, 2.24) is 10.2 Å². The van der Waals surface area contributed by atoms with E-state index in [1.807, 2.05) is 24.3 Å². The summed E-state index contributed by atoms with van der Waals surface area (Å²) in [6.07, 6.45) is 0. The summed E-state index contributed by atoms with van der Waals surface area (Å²) < 4.78 is 5.24. The van der Waals surface area contributed by atoms with Crippen molar-refractivity contribution in [2.75, 3.05) is 50.1 Å². The van der Waals surface area contributed by atoms with E-state index in [-0.39, 0.29) is 0 Å². The zero-order valence-electron chi connectivity index (χ0n) is 16.0. The molecule has 0 saturated carbocycles. The number of thiocarbonyl (C=S) groups is 1. The van der Waals surface area contributed by atoms with E-state index in [4.69, 9.17) is 17.0 Å². The fourth-order valence-corrected chi connectivity index (χ4v) is 3.51. The van der Waals surface area contributed by atoms with Gasteiger partial charge in [0.25, 0.3) is 0 Å². The molecule has 3 rings (SSSR count). The Balaban J connectivity index is 1.41. The second-order valence-electron chi connectivity index (χ2n) is 6.77. The van der Waals surface area contributed by atoms with Crippen LogP contribution >= 0.6 is 12.2 Å². The molecule has 0 amide bonds. The van der Waals surface area contributed by atoms with Crippen molar-refractivity contribution in [2.45, 2.75) is 13.0 Å². The Morgan fingerprint density at radius 3 is 2.52 bits per heavy atom. The van der Waals surface area contributed by atoms with Gasteiger partial charge in [-0.25, -0.2) is 0 Å². The average molecular weight is 385 g/mol. The number of piperazine rings is 1. The molecule has 0 radical (unpaired) electrons. The molecule has 1 unspecified atom stereocenters. The largest absolute Gasteiger partial charge is 0.497 e. The molecule has 1 fully saturated rings. The lowest BCUT2D eigenvalue weighted by Crippen LogP contribution is -2.52. The number of nitrogens with one attached hydrogen (secondary N) is 2. The number of methoxy groups -OCH3 is 1. The van der Waals surface area contributed by atoms with Gasteiger partial charge in [0.1, 0.15) is 5.75 Å². The van der Waals surface area contributed by atoms with Crippen LogP contribution in [0.15, 0.2) is 54.6 Å². The number of hydrogen-bond acceptors (Lipinski definition) is 4. The Bertz CT molecular complexity index is 732. The van der Waals surface area contributed by atoms with Crippen LogP contribution in [0.25, 0.3) is 0 Å². The lowest BCUT2D eigenvalue weighted by atomic mass is 10.2. The first kappa shape index (κ1) is 19.5. The Hall–Kier alpha value is -2.31. The summed E-state index contributed by atoms with van der Waals surface area (Å²) in [6.45, 7) is 7.31. The van der Waals surface area contributed by atoms with Gasteiger partial charge in [-0.15, -0.1) is 0 Å². The number of rotatable bonds is 6. The minimum Gasteiger partial charge on any atom is -0.497 e. The van der Waals surface area contributed by atoms with Gasteiger partial charge in [0.2, 0.25) is 0 Å². The van der Waals surface area contributed by atoms with Crippen LogP contribution in [0.4, 0.5) is 11.4 Å². The minimum absolute atomic E-state index is 0.424. The second kappa shape index (κ2) is 9.58. The van der Waals surface area contributed by atoms with Crippen LogP contribution in [0.5, 0.6) is 5.75 Å². The SMILES string of the molecule is COc1cccc(NC(=S)NCC(C)N2CCN(c3ccccc3)CC2)c1. The van der Waals surface area contributed by atoms with E-state index in [0.717, 1.165) is 44.2 Å². The molecule has 2 N–H and O–H groups in total. The summed E-state index contributed by atoms with van der Waals surface area (Å²) in [4.78, 5) is 4.96. The van der Waals surface area contributed by atoms with Crippen molar-refractivity contribution in [1.29, 1.82) is 0 Å². The van der Waals surface area contributed by atoms with Gasteiger partial charge < -0.3 is 20.3 Å². The molecule has 2 aromatic carbocycles. The normalized spacial score (nSPS) is 15.9. The number of benzene rings is 2. The van der Waals surface area contributed by atoms with Crippen LogP contribution < -0.4 is 20.3 Å². The van der Waals surface area contributed by atoms with Gasteiger partial charge in [-0.2, -0.15) is 0 Å². The monoisotopic (exact) mass is 384 g/mol. The van der Waals surface area contributed by atoms with Crippen molar-refractivity contribution in [3.8, 4) is 5.75 Å². The molecule has 0 spiro atoms. The Morgan fingerprint density at radius 1 is 1.07 bits per heavy atom. The number of ether oxygens (including phenoxy) is 1. The molecule has 1 heterocycles. The number of hydrogen-bond donors (Lipinski definition) is 2. The van der Waals surface area contributed by atoms with Crippen LogP contribution in [-0.2, 0) is 0 Å². The van der Waals surface area contributed by atoms with Gasteiger partial charge >= 0.3 is 0 Å². The molecule has 27 heavy (non-hydrogen) atoms. The number of para-hydroxylation sites is 1. The standard InChI is InChI=1S/C21H28N4OS/c1-17(16-22-21(27)23-18-7-6-10-20(15-18)26-2)24-11-13-25(14-12-24)19-8-4-3-5-9-19/h3-10,15,17H,11-14,16H2,1-2H3,(H2,22,23,27). The van der Waals surface area contributed by atoms with Crippen molar-refractivity contribution < 1.29 is 4.74 Å². The highest BCUT2D eigenvalue weighted by Gasteiger charge is 2.21. The van der Waals surface area contributed by atoms with E-state index in [9.17, 15) is 0 Å². The third-order valence-electron chi connectivity index (χ3n) is 4.94. The van der Waals surface area contributed by atoms with E-state index >= 15 is 0 Å². The van der Waals surface area contributed by atoms with E-state index in [1.54, 1.807) is 7.11 Å². The van der Waals surface area contributed by atoms with E-state index in [1.165, 1.54) is 5.69 Å². The van der Waals surface area contributed by atoms with E-state index in [0.29, 0.717) is 11.2 Å². The highest BCUT2D eigenvalue weighted by Crippen LogP contribution is 2.17. The maximum absolute atomic E-state index is 5.43. The minimum atomic E-state index is 0.424. The molecule has 144 valence electrons. The van der Waals surface area contributed by atoms with E-state index in [2.05, 4.69) is 57.7 Å². The van der Waals surface area contributed by atoms with Gasteiger partial charge in [0, 0.05) is 56.2 Å². The summed E-state index contributed by atoms with van der Waals surface area (Å²) in [5.74, 6) is 0.812. The van der Waals surface area contributed by atoms with Gasteiger partial charge in [0.05, 0.1) is 7.11 Å². The van der Waals surface area contributed by atoms with Crippen LogP contribution in [0.1, 0.15) is 6.92 Å². The zero-order chi connectivity index (χ0) is 19.1. The Kier molecular flexibility index (Phi) is 6.90. The zero-order valence-corrected chi connectivity index (χ0v) is 16.8. The first-order valence-electron chi connectivity index (χ1n) is 9.38. The van der Waals surface area contributed by atoms with E-state index < -0.39 is 0 Å². The van der Waals surface area contributed by atoms with Gasteiger partial charge in [-0.05, 0) is 43.4 Å². The smallest absolute Gasteiger partial charge is 0.170 e. The molecule has 1 aliphatic heterocycles. The average Bonchev–Trinajstić information content (AvgIpc) is 2.73. The molecular weight excluding hydrogens is 356 g/mol. The molecule has 2 aromatic rings. The molecule has 1 saturated heterocycles. The van der Waals surface area contributed by atoms with Gasteiger partial charge in [0.15, 0.2) is 5.11 Å². The second-order valence-corrected chi connectivity index (χ2v) is 7.18. The van der Waals surface area contributed by atoms with Crippen molar-refractivity contribution in [3.63, 3.8) is 0 Å². The van der Waals surface area contributed by atoms with Crippen molar-refractivity contribution in [2.24, 2.45) is 0 Å². The predicted octanol–water partition coefficient (Wildman–Crippen LogP) is 3.19. The Labute approximate surface area is 167 Å². The molecule has 5 nitrogen and oxygen atoms in total. The maximum atomic E-state index is 5.43. The molecule has 6 heteroatoms. The highest BCUT2D eigenvalue weighted by atomic mass is 32.1. The fourth-order valence-electron chi connectivity index (χ4n) is 3.31. The summed E-state index contributed by atoms with van der Waals surface area (Å²) in [5.41, 5.74) is 2.24. The lowest BCUT2D eigenvalue weighted by molar-refractivity contribution is 0.198. The predicted molar refractivity (Wildman–Crippen MR) is 117 cm³/mol. The fraction of sp³-hybridized carbons (Fsp3) is 0.381. The molecule has 1 atom stereocenters. The molecular formula is C21H28N4OS. The van der Waals surface area contributed by atoms with Gasteiger partial charge in [-0.1, -0.05) is 24.3 Å². The molecule has 1 aliphatic rings. The molecule has 0 aliphatic carbocycles. The lowest BCUT2D eigenvalue weighted by Gasteiger charge is -2.39.